The minimum atomic E-state index is 0.118. The van der Waals surface area contributed by atoms with Gasteiger partial charge in [0.15, 0.2) is 6.54 Å². The van der Waals surface area contributed by atoms with Gasteiger partial charge >= 0.3 is 0 Å². The van der Waals surface area contributed by atoms with Crippen molar-refractivity contribution in [1.29, 1.82) is 0 Å². The molecule has 1 heterocycles. The number of anilines is 1. The van der Waals surface area contributed by atoms with Crippen LogP contribution >= 0.6 is 0 Å². The molecule has 2 aromatic rings. The van der Waals surface area contributed by atoms with Gasteiger partial charge in [0.05, 0.1) is 13.1 Å². The second-order valence-corrected chi connectivity index (χ2v) is 6.86. The molecule has 1 aliphatic heterocycles. The van der Waals surface area contributed by atoms with Gasteiger partial charge in [0.25, 0.3) is 5.91 Å². The highest BCUT2D eigenvalue weighted by atomic mass is 16.2. The van der Waals surface area contributed by atoms with E-state index in [4.69, 9.17) is 0 Å². The molecule has 0 spiro atoms. The van der Waals surface area contributed by atoms with E-state index in [0.29, 0.717) is 18.4 Å². The maximum absolute atomic E-state index is 12.4. The second kappa shape index (κ2) is 6.49. The molecule has 0 aromatic heterocycles. The highest BCUT2D eigenvalue weighted by molar-refractivity contribution is 6.02. The maximum Gasteiger partial charge on any atom is 0.279 e. The Kier molecular flexibility index (Phi) is 4.44. The number of carbonyl (C=O) groups excluding carboxylic acids is 1. The Morgan fingerprint density at radius 2 is 1.77 bits per heavy atom. The fraction of sp³-hybridized carbons (Fsp3) is 0.421. The number of carbonyl (C=O) groups is 1. The van der Waals surface area contributed by atoms with Crippen LogP contribution in [0.5, 0.6) is 0 Å². The van der Waals surface area contributed by atoms with E-state index in [1.54, 1.807) is 0 Å². The zero-order valence-electron chi connectivity index (χ0n) is 13.4. The smallest absolute Gasteiger partial charge is 0.279 e. The summed E-state index contributed by atoms with van der Waals surface area (Å²) in [5.74, 6) is 1.54. The van der Waals surface area contributed by atoms with Gasteiger partial charge in [-0.1, -0.05) is 50.2 Å². The third-order valence-electron chi connectivity index (χ3n) is 4.55. The van der Waals surface area contributed by atoms with E-state index in [-0.39, 0.29) is 5.91 Å². The Bertz CT molecular complexity index is 652. The predicted octanol–water partition coefficient (Wildman–Crippen LogP) is 2.34. The Morgan fingerprint density at radius 1 is 1.09 bits per heavy atom. The average molecular weight is 297 g/mol. The molecule has 3 atom stereocenters. The van der Waals surface area contributed by atoms with Crippen LogP contribution in [-0.2, 0) is 4.79 Å². The Labute approximate surface area is 132 Å². The highest BCUT2D eigenvalue weighted by Gasteiger charge is 2.26. The predicted molar refractivity (Wildman–Crippen MR) is 91.1 cm³/mol. The van der Waals surface area contributed by atoms with Gasteiger partial charge < -0.3 is 10.2 Å². The second-order valence-electron chi connectivity index (χ2n) is 6.86. The number of hydrogen-bond acceptors (Lipinski definition) is 1. The Hall–Kier alpha value is -1.87. The quantitative estimate of drug-likeness (QED) is 0.896. The van der Waals surface area contributed by atoms with E-state index in [1.165, 1.54) is 11.3 Å². The molecule has 1 fully saturated rings. The molecule has 1 amide bonds. The number of piperidine rings is 1. The van der Waals surface area contributed by atoms with Crippen LogP contribution < -0.4 is 10.2 Å². The van der Waals surface area contributed by atoms with Crippen molar-refractivity contribution in [2.45, 2.75) is 20.3 Å². The Balaban J connectivity index is 1.68. The van der Waals surface area contributed by atoms with Gasteiger partial charge in [0, 0.05) is 22.9 Å². The molecule has 2 aromatic carbocycles. The van der Waals surface area contributed by atoms with Crippen LogP contribution in [-0.4, -0.2) is 25.5 Å². The SMILES string of the molecule is C[C@@H]1C[C@H](C)C[NH+](CC(=O)Nc2cccc3ccccc23)C1. The van der Waals surface area contributed by atoms with Crippen molar-refractivity contribution in [1.82, 2.24) is 0 Å². The maximum atomic E-state index is 12.4. The number of rotatable bonds is 3. The molecule has 1 aliphatic rings. The first-order valence-corrected chi connectivity index (χ1v) is 8.23. The van der Waals surface area contributed by atoms with Crippen molar-refractivity contribution in [2.75, 3.05) is 25.0 Å². The number of benzene rings is 2. The van der Waals surface area contributed by atoms with Crippen molar-refractivity contribution in [3.8, 4) is 0 Å². The van der Waals surface area contributed by atoms with Crippen LogP contribution in [0.15, 0.2) is 42.5 Å². The standard InChI is InChI=1S/C19H24N2O/c1-14-10-15(2)12-21(11-14)13-19(22)20-18-9-5-7-16-6-3-4-8-17(16)18/h3-9,14-15H,10-13H2,1-2H3,(H,20,22)/p+1/t14-,15+. The summed E-state index contributed by atoms with van der Waals surface area (Å²) >= 11 is 0. The van der Waals surface area contributed by atoms with E-state index in [2.05, 4.69) is 37.4 Å². The number of fused-ring (bicyclic) bond motifs is 1. The van der Waals surface area contributed by atoms with Crippen LogP contribution in [0.25, 0.3) is 10.8 Å². The molecule has 1 unspecified atom stereocenters. The summed E-state index contributed by atoms with van der Waals surface area (Å²) in [7, 11) is 0. The summed E-state index contributed by atoms with van der Waals surface area (Å²) in [6.07, 6.45) is 1.29. The van der Waals surface area contributed by atoms with Crippen molar-refractivity contribution >= 4 is 22.4 Å². The molecule has 0 aliphatic carbocycles. The van der Waals surface area contributed by atoms with Crippen molar-refractivity contribution in [3.63, 3.8) is 0 Å². The van der Waals surface area contributed by atoms with E-state index < -0.39 is 0 Å². The first-order chi connectivity index (χ1) is 10.6. The largest absolute Gasteiger partial charge is 0.327 e. The van der Waals surface area contributed by atoms with Crippen LogP contribution in [0.4, 0.5) is 5.69 Å². The third-order valence-corrected chi connectivity index (χ3v) is 4.55. The molecular weight excluding hydrogens is 272 g/mol. The monoisotopic (exact) mass is 297 g/mol. The molecule has 3 heteroatoms. The lowest BCUT2D eigenvalue weighted by atomic mass is 9.92. The van der Waals surface area contributed by atoms with Gasteiger partial charge in [-0.25, -0.2) is 0 Å². The molecular formula is C19H25N2O+. The molecule has 0 radical (unpaired) electrons. The minimum Gasteiger partial charge on any atom is -0.327 e. The zero-order valence-corrected chi connectivity index (χ0v) is 13.4. The van der Waals surface area contributed by atoms with Crippen LogP contribution in [0, 0.1) is 11.8 Å². The third kappa shape index (κ3) is 3.47. The van der Waals surface area contributed by atoms with E-state index in [1.807, 2.05) is 24.3 Å². The van der Waals surface area contributed by atoms with E-state index >= 15 is 0 Å². The molecule has 3 nitrogen and oxygen atoms in total. The summed E-state index contributed by atoms with van der Waals surface area (Å²) in [6, 6.07) is 14.2. The number of likely N-dealkylation sites (tertiary alicyclic amines) is 1. The summed E-state index contributed by atoms with van der Waals surface area (Å²) < 4.78 is 0. The minimum absolute atomic E-state index is 0.118. The number of hydrogen-bond donors (Lipinski definition) is 2. The molecule has 1 saturated heterocycles. The van der Waals surface area contributed by atoms with Gasteiger partial charge in [0.2, 0.25) is 0 Å². The number of amides is 1. The first kappa shape index (κ1) is 15.0. The van der Waals surface area contributed by atoms with Crippen molar-refractivity contribution in [3.05, 3.63) is 42.5 Å². The van der Waals surface area contributed by atoms with Gasteiger partial charge in [-0.3, -0.25) is 4.79 Å². The van der Waals surface area contributed by atoms with Crippen LogP contribution in [0.1, 0.15) is 20.3 Å². The average Bonchev–Trinajstić information content (AvgIpc) is 2.46. The molecule has 0 saturated carbocycles. The number of nitrogens with one attached hydrogen (secondary N) is 2. The normalized spacial score (nSPS) is 25.1. The molecule has 2 N–H and O–H groups in total. The molecule has 0 bridgehead atoms. The fourth-order valence-electron chi connectivity index (χ4n) is 3.82. The zero-order chi connectivity index (χ0) is 15.5. The lowest BCUT2D eigenvalue weighted by molar-refractivity contribution is -0.904. The van der Waals surface area contributed by atoms with Crippen molar-refractivity contribution in [2.24, 2.45) is 11.8 Å². The highest BCUT2D eigenvalue weighted by Crippen LogP contribution is 2.22. The van der Waals surface area contributed by atoms with Crippen LogP contribution in [0.2, 0.25) is 0 Å². The Morgan fingerprint density at radius 3 is 2.55 bits per heavy atom. The molecule has 22 heavy (non-hydrogen) atoms. The van der Waals surface area contributed by atoms with Crippen LogP contribution in [0.3, 0.4) is 0 Å². The summed E-state index contributed by atoms with van der Waals surface area (Å²) in [4.78, 5) is 13.8. The first-order valence-electron chi connectivity index (χ1n) is 8.23. The van der Waals surface area contributed by atoms with Gasteiger partial charge in [0.1, 0.15) is 0 Å². The summed E-state index contributed by atoms with van der Waals surface area (Å²) in [6.45, 7) is 7.36. The number of quaternary nitrogens is 1. The van der Waals surface area contributed by atoms with Gasteiger partial charge in [-0.15, -0.1) is 0 Å². The van der Waals surface area contributed by atoms with E-state index in [9.17, 15) is 4.79 Å². The van der Waals surface area contributed by atoms with Gasteiger partial charge in [-0.05, 0) is 17.9 Å². The topological polar surface area (TPSA) is 33.5 Å². The molecule has 116 valence electrons. The fourth-order valence-corrected chi connectivity index (χ4v) is 3.82. The van der Waals surface area contributed by atoms with Gasteiger partial charge in [-0.2, -0.15) is 0 Å². The molecule has 3 rings (SSSR count). The summed E-state index contributed by atoms with van der Waals surface area (Å²) in [5, 5.41) is 5.37. The lowest BCUT2D eigenvalue weighted by Gasteiger charge is -2.31. The lowest BCUT2D eigenvalue weighted by Crippen LogP contribution is -3.15. The summed E-state index contributed by atoms with van der Waals surface area (Å²) in [5.41, 5.74) is 0.917. The van der Waals surface area contributed by atoms with E-state index in [0.717, 1.165) is 29.5 Å². The van der Waals surface area contributed by atoms with Crippen molar-refractivity contribution < 1.29 is 9.69 Å².